The average Bonchev–Trinajstić information content (AvgIpc) is 3.23. The largest absolute Gasteiger partial charge is 0.465 e. The first-order valence-electron chi connectivity index (χ1n) is 10.4. The van der Waals surface area contributed by atoms with E-state index in [2.05, 4.69) is 5.10 Å². The van der Waals surface area contributed by atoms with Gasteiger partial charge in [0.15, 0.2) is 0 Å². The third-order valence-electron chi connectivity index (χ3n) is 5.39. The molecule has 3 aromatic heterocycles. The fourth-order valence-corrected chi connectivity index (χ4v) is 3.61. The number of nitrogens with zero attached hydrogens (tertiary/aromatic N) is 4. The Hall–Kier alpha value is -3.16. The fourth-order valence-electron chi connectivity index (χ4n) is 3.61. The molecule has 158 valence electrons. The molecule has 3 aromatic rings. The maximum atomic E-state index is 12.5. The van der Waals surface area contributed by atoms with Gasteiger partial charge in [0.1, 0.15) is 5.65 Å². The quantitative estimate of drug-likeness (QED) is 0.398. The number of imidazole rings is 1. The molecule has 0 spiro atoms. The lowest BCUT2D eigenvalue weighted by Gasteiger charge is -2.14. The standard InChI is InChI=1S/C22H26N4O4/c1-3-5-11-30-20(27)16-12-23-26(13-16)15-17-14-25-10-6-7-18(19(25)24-17)22(8-9-22)21(28)29-4-2/h6-7,10,12-14H,3-5,8-9,11,15H2,1-2H3. The van der Waals surface area contributed by atoms with Gasteiger partial charge in [-0.2, -0.15) is 5.10 Å². The molecule has 8 nitrogen and oxygen atoms in total. The number of carbonyl (C=O) groups is 2. The van der Waals surface area contributed by atoms with Gasteiger partial charge in [-0.05, 0) is 32.3 Å². The van der Waals surface area contributed by atoms with Crippen molar-refractivity contribution >= 4 is 17.6 Å². The summed E-state index contributed by atoms with van der Waals surface area (Å²) in [7, 11) is 0. The van der Waals surface area contributed by atoms with Gasteiger partial charge < -0.3 is 13.9 Å². The van der Waals surface area contributed by atoms with Crippen LogP contribution in [-0.4, -0.2) is 44.3 Å². The summed E-state index contributed by atoms with van der Waals surface area (Å²) < 4.78 is 14.1. The zero-order chi connectivity index (χ0) is 21.1. The molecule has 1 aliphatic rings. The number of unbranched alkanes of at least 4 members (excludes halogenated alkanes) is 1. The number of carbonyl (C=O) groups excluding carboxylic acids is 2. The van der Waals surface area contributed by atoms with Gasteiger partial charge in [0.2, 0.25) is 0 Å². The highest BCUT2D eigenvalue weighted by Crippen LogP contribution is 2.50. The van der Waals surface area contributed by atoms with Crippen molar-refractivity contribution in [3.8, 4) is 0 Å². The Morgan fingerprint density at radius 3 is 2.77 bits per heavy atom. The van der Waals surface area contributed by atoms with Crippen LogP contribution in [0.2, 0.25) is 0 Å². The van der Waals surface area contributed by atoms with Crippen molar-refractivity contribution in [2.75, 3.05) is 13.2 Å². The van der Waals surface area contributed by atoms with E-state index in [1.54, 1.807) is 10.9 Å². The van der Waals surface area contributed by atoms with Crippen LogP contribution in [0.1, 0.15) is 61.1 Å². The summed E-state index contributed by atoms with van der Waals surface area (Å²) in [6.07, 6.45) is 10.4. The van der Waals surface area contributed by atoms with Crippen LogP contribution in [0, 0.1) is 0 Å². The molecule has 4 rings (SSSR count). The second-order valence-corrected chi connectivity index (χ2v) is 7.60. The Balaban J connectivity index is 1.53. The highest BCUT2D eigenvalue weighted by atomic mass is 16.5. The molecule has 1 aliphatic carbocycles. The van der Waals surface area contributed by atoms with Crippen LogP contribution in [0.15, 0.2) is 36.9 Å². The SMILES string of the molecule is CCCCOC(=O)c1cnn(Cc2cn3cccc(C4(C(=O)OCC)CC4)c3n2)c1. The molecular weight excluding hydrogens is 384 g/mol. The van der Waals surface area contributed by atoms with E-state index in [0.29, 0.717) is 25.3 Å². The monoisotopic (exact) mass is 410 g/mol. The van der Waals surface area contributed by atoms with Crippen LogP contribution >= 0.6 is 0 Å². The second-order valence-electron chi connectivity index (χ2n) is 7.60. The van der Waals surface area contributed by atoms with Crippen LogP contribution in [0.4, 0.5) is 0 Å². The molecule has 0 amide bonds. The van der Waals surface area contributed by atoms with Gasteiger partial charge in [-0.25, -0.2) is 9.78 Å². The number of pyridine rings is 1. The minimum atomic E-state index is -0.581. The number of fused-ring (bicyclic) bond motifs is 1. The Morgan fingerprint density at radius 1 is 1.20 bits per heavy atom. The zero-order valence-electron chi connectivity index (χ0n) is 17.3. The Kier molecular flexibility index (Phi) is 5.57. The van der Waals surface area contributed by atoms with Crippen LogP contribution in [-0.2, 0) is 26.2 Å². The molecule has 8 heteroatoms. The smallest absolute Gasteiger partial charge is 0.341 e. The normalized spacial score (nSPS) is 14.6. The first-order valence-corrected chi connectivity index (χ1v) is 10.4. The van der Waals surface area contributed by atoms with E-state index in [0.717, 1.165) is 42.6 Å². The molecule has 0 atom stereocenters. The number of hydrogen-bond acceptors (Lipinski definition) is 6. The lowest BCUT2D eigenvalue weighted by molar-refractivity contribution is -0.146. The third-order valence-corrected chi connectivity index (χ3v) is 5.39. The lowest BCUT2D eigenvalue weighted by Crippen LogP contribution is -2.24. The zero-order valence-corrected chi connectivity index (χ0v) is 17.3. The van der Waals surface area contributed by atoms with Crippen molar-refractivity contribution in [3.63, 3.8) is 0 Å². The van der Waals surface area contributed by atoms with E-state index in [9.17, 15) is 9.59 Å². The van der Waals surface area contributed by atoms with E-state index in [4.69, 9.17) is 14.5 Å². The predicted octanol–water partition coefficient (Wildman–Crippen LogP) is 3.13. The third kappa shape index (κ3) is 3.81. The average molecular weight is 410 g/mol. The minimum Gasteiger partial charge on any atom is -0.465 e. The molecule has 0 N–H and O–H groups in total. The van der Waals surface area contributed by atoms with Gasteiger partial charge in [-0.3, -0.25) is 9.48 Å². The van der Waals surface area contributed by atoms with Crippen molar-refractivity contribution in [1.29, 1.82) is 0 Å². The Labute approximate surface area is 174 Å². The molecule has 0 aromatic carbocycles. The van der Waals surface area contributed by atoms with Crippen LogP contribution < -0.4 is 0 Å². The number of hydrogen-bond donors (Lipinski definition) is 0. The van der Waals surface area contributed by atoms with E-state index in [1.165, 1.54) is 6.20 Å². The fraction of sp³-hybridized carbons (Fsp3) is 0.455. The Morgan fingerprint density at radius 2 is 2.03 bits per heavy atom. The highest BCUT2D eigenvalue weighted by molar-refractivity contribution is 5.89. The maximum Gasteiger partial charge on any atom is 0.341 e. The summed E-state index contributed by atoms with van der Waals surface area (Å²) in [5.74, 6) is -0.543. The highest BCUT2D eigenvalue weighted by Gasteiger charge is 2.54. The second kappa shape index (κ2) is 8.30. The van der Waals surface area contributed by atoms with Gasteiger partial charge in [-0.1, -0.05) is 19.4 Å². The molecule has 30 heavy (non-hydrogen) atoms. The van der Waals surface area contributed by atoms with Crippen LogP contribution in [0.25, 0.3) is 5.65 Å². The molecule has 0 bridgehead atoms. The summed E-state index contributed by atoms with van der Waals surface area (Å²) in [5, 5.41) is 4.26. The van der Waals surface area contributed by atoms with Gasteiger partial charge in [0, 0.05) is 24.2 Å². The molecule has 0 aliphatic heterocycles. The summed E-state index contributed by atoms with van der Waals surface area (Å²) in [5.41, 5.74) is 2.29. The van der Waals surface area contributed by atoms with Crippen molar-refractivity contribution in [3.05, 3.63) is 53.7 Å². The minimum absolute atomic E-state index is 0.180. The molecule has 0 unspecified atom stereocenters. The Bertz CT molecular complexity index is 1060. The first kappa shape index (κ1) is 20.1. The number of ether oxygens (including phenoxy) is 2. The number of aromatic nitrogens is 4. The molecule has 0 radical (unpaired) electrons. The molecule has 3 heterocycles. The van der Waals surface area contributed by atoms with E-state index in [-0.39, 0.29) is 11.9 Å². The van der Waals surface area contributed by atoms with Crippen molar-refractivity contribution in [2.24, 2.45) is 0 Å². The van der Waals surface area contributed by atoms with Gasteiger partial charge >= 0.3 is 11.9 Å². The number of esters is 2. The number of rotatable bonds is 9. The van der Waals surface area contributed by atoms with E-state index in [1.807, 2.05) is 42.8 Å². The molecular formula is C22H26N4O4. The predicted molar refractivity (Wildman–Crippen MR) is 109 cm³/mol. The van der Waals surface area contributed by atoms with Crippen LogP contribution in [0.5, 0.6) is 0 Å². The van der Waals surface area contributed by atoms with Crippen molar-refractivity contribution < 1.29 is 19.1 Å². The summed E-state index contributed by atoms with van der Waals surface area (Å²) in [4.78, 5) is 29.3. The van der Waals surface area contributed by atoms with Gasteiger partial charge in [0.25, 0.3) is 0 Å². The maximum absolute atomic E-state index is 12.5. The van der Waals surface area contributed by atoms with Crippen molar-refractivity contribution in [1.82, 2.24) is 19.2 Å². The van der Waals surface area contributed by atoms with Gasteiger partial charge in [0.05, 0.1) is 42.6 Å². The molecule has 0 saturated heterocycles. The van der Waals surface area contributed by atoms with Crippen molar-refractivity contribution in [2.45, 2.75) is 51.5 Å². The lowest BCUT2D eigenvalue weighted by atomic mass is 9.97. The van der Waals surface area contributed by atoms with E-state index >= 15 is 0 Å². The summed E-state index contributed by atoms with van der Waals surface area (Å²) in [6.45, 7) is 5.06. The van der Waals surface area contributed by atoms with Gasteiger partial charge in [-0.15, -0.1) is 0 Å². The first-order chi connectivity index (χ1) is 14.6. The van der Waals surface area contributed by atoms with Crippen LogP contribution in [0.3, 0.4) is 0 Å². The topological polar surface area (TPSA) is 87.7 Å². The summed E-state index contributed by atoms with van der Waals surface area (Å²) >= 11 is 0. The summed E-state index contributed by atoms with van der Waals surface area (Å²) in [6, 6.07) is 3.87. The molecule has 1 saturated carbocycles. The molecule has 1 fully saturated rings. The van der Waals surface area contributed by atoms with E-state index < -0.39 is 5.41 Å².